The number of hydrogen-bond donors (Lipinski definition) is 0. The Morgan fingerprint density at radius 1 is 1.50 bits per heavy atom. The van der Waals surface area contributed by atoms with Crippen LogP contribution in [-0.4, -0.2) is 17.8 Å². The summed E-state index contributed by atoms with van der Waals surface area (Å²) in [6, 6.07) is 3.09. The summed E-state index contributed by atoms with van der Waals surface area (Å²) in [5.41, 5.74) is 0.0383. The molecule has 1 aromatic heterocycles. The van der Waals surface area contributed by atoms with Crippen molar-refractivity contribution >= 4 is 0 Å². The normalized spacial score (nSPS) is 12.8. The Labute approximate surface area is 71.6 Å². The first-order valence-corrected chi connectivity index (χ1v) is 3.91. The maximum atomic E-state index is 10.7. The molecular weight excluding hydrogens is 154 g/mol. The molecule has 1 heterocycles. The number of methoxy groups -OCH3 is 1. The van der Waals surface area contributed by atoms with Crippen molar-refractivity contribution in [3.8, 4) is 0 Å². The minimum atomic E-state index is 0.0383. The predicted octanol–water partition coefficient (Wildman–Crippen LogP) is 0.883. The first kappa shape index (κ1) is 9.00. The smallest absolute Gasteiger partial charge is 0.181 e. The van der Waals surface area contributed by atoms with Gasteiger partial charge in [0.25, 0.3) is 0 Å². The Morgan fingerprint density at radius 3 is 2.58 bits per heavy atom. The Morgan fingerprint density at radius 2 is 2.08 bits per heavy atom. The van der Waals surface area contributed by atoms with Crippen molar-refractivity contribution in [2.75, 3.05) is 7.11 Å². The topological polar surface area (TPSA) is 31.2 Å². The van der Waals surface area contributed by atoms with Crippen LogP contribution in [0.15, 0.2) is 29.3 Å². The highest BCUT2D eigenvalue weighted by Crippen LogP contribution is 1.93. The number of ether oxygens (including phenoxy) is 1. The van der Waals surface area contributed by atoms with E-state index in [0.29, 0.717) is 0 Å². The Balaban J connectivity index is 2.64. The van der Waals surface area contributed by atoms with Gasteiger partial charge in [-0.15, -0.1) is 0 Å². The predicted molar refractivity (Wildman–Crippen MR) is 47.2 cm³/mol. The largest absolute Gasteiger partial charge is 0.380 e. The molecular formula is C9H13NO2. The number of pyridine rings is 1. The average molecular weight is 167 g/mol. The zero-order valence-electron chi connectivity index (χ0n) is 7.36. The Kier molecular flexibility index (Phi) is 3.05. The van der Waals surface area contributed by atoms with Gasteiger partial charge in [0.15, 0.2) is 5.43 Å². The van der Waals surface area contributed by atoms with Crippen LogP contribution < -0.4 is 5.43 Å². The van der Waals surface area contributed by atoms with E-state index in [1.54, 1.807) is 31.6 Å². The first-order chi connectivity index (χ1) is 5.72. The van der Waals surface area contributed by atoms with Crippen molar-refractivity contribution in [1.29, 1.82) is 0 Å². The second-order valence-electron chi connectivity index (χ2n) is 2.78. The Bertz CT molecular complexity index is 272. The third kappa shape index (κ3) is 2.51. The molecule has 0 saturated heterocycles. The molecule has 0 amide bonds. The van der Waals surface area contributed by atoms with Gasteiger partial charge >= 0.3 is 0 Å². The van der Waals surface area contributed by atoms with Gasteiger partial charge in [0, 0.05) is 38.2 Å². The molecule has 0 radical (unpaired) electrons. The quantitative estimate of drug-likeness (QED) is 0.669. The molecule has 0 N–H and O–H groups in total. The standard InChI is InChI=1S/C9H13NO2/c1-8(12-2)7-10-5-3-9(11)4-6-10/h3-6,8H,7H2,1-2H3. The molecule has 1 unspecified atom stereocenters. The number of hydrogen-bond acceptors (Lipinski definition) is 2. The summed E-state index contributed by atoms with van der Waals surface area (Å²) >= 11 is 0. The van der Waals surface area contributed by atoms with Crippen LogP contribution >= 0.6 is 0 Å². The summed E-state index contributed by atoms with van der Waals surface area (Å²) in [6.45, 7) is 2.76. The lowest BCUT2D eigenvalue weighted by Crippen LogP contribution is -2.15. The monoisotopic (exact) mass is 167 g/mol. The molecule has 3 heteroatoms. The molecule has 3 nitrogen and oxygen atoms in total. The second-order valence-corrected chi connectivity index (χ2v) is 2.78. The summed E-state index contributed by atoms with van der Waals surface area (Å²) in [6.07, 6.45) is 3.70. The summed E-state index contributed by atoms with van der Waals surface area (Å²) < 4.78 is 7.01. The van der Waals surface area contributed by atoms with Gasteiger partial charge in [-0.25, -0.2) is 0 Å². The van der Waals surface area contributed by atoms with Crippen molar-refractivity contribution in [2.45, 2.75) is 19.6 Å². The maximum Gasteiger partial charge on any atom is 0.181 e. The second kappa shape index (κ2) is 4.07. The van der Waals surface area contributed by atoms with Gasteiger partial charge in [0.2, 0.25) is 0 Å². The molecule has 1 aromatic rings. The fraction of sp³-hybridized carbons (Fsp3) is 0.444. The van der Waals surface area contributed by atoms with E-state index >= 15 is 0 Å². The molecule has 1 atom stereocenters. The van der Waals surface area contributed by atoms with E-state index in [1.165, 1.54) is 0 Å². The highest BCUT2D eigenvalue weighted by atomic mass is 16.5. The van der Waals surface area contributed by atoms with E-state index in [4.69, 9.17) is 4.74 Å². The first-order valence-electron chi connectivity index (χ1n) is 3.91. The van der Waals surface area contributed by atoms with Crippen molar-refractivity contribution in [3.63, 3.8) is 0 Å². The molecule has 0 aliphatic rings. The minimum Gasteiger partial charge on any atom is -0.380 e. The molecule has 12 heavy (non-hydrogen) atoms. The van der Waals surface area contributed by atoms with Crippen LogP contribution in [0.1, 0.15) is 6.92 Å². The lowest BCUT2D eigenvalue weighted by molar-refractivity contribution is 0.103. The van der Waals surface area contributed by atoms with Gasteiger partial charge in [-0.3, -0.25) is 4.79 Å². The van der Waals surface area contributed by atoms with Crippen molar-refractivity contribution in [3.05, 3.63) is 34.7 Å². The molecule has 0 aromatic carbocycles. The highest BCUT2D eigenvalue weighted by Gasteiger charge is 1.97. The van der Waals surface area contributed by atoms with E-state index in [1.807, 2.05) is 11.5 Å². The van der Waals surface area contributed by atoms with E-state index in [9.17, 15) is 4.79 Å². The average Bonchev–Trinajstić information content (AvgIpc) is 2.09. The summed E-state index contributed by atoms with van der Waals surface area (Å²) in [4.78, 5) is 10.7. The zero-order valence-corrected chi connectivity index (χ0v) is 7.36. The lowest BCUT2D eigenvalue weighted by Gasteiger charge is -2.11. The van der Waals surface area contributed by atoms with Crippen molar-refractivity contribution in [2.24, 2.45) is 0 Å². The highest BCUT2D eigenvalue weighted by molar-refractivity contribution is 4.93. The lowest BCUT2D eigenvalue weighted by atomic mass is 10.4. The van der Waals surface area contributed by atoms with Gasteiger partial charge in [0.05, 0.1) is 6.10 Å². The zero-order chi connectivity index (χ0) is 8.97. The van der Waals surface area contributed by atoms with Crippen molar-refractivity contribution in [1.82, 2.24) is 4.57 Å². The van der Waals surface area contributed by atoms with Crippen LogP contribution in [0.4, 0.5) is 0 Å². The molecule has 1 rings (SSSR count). The van der Waals surface area contributed by atoms with E-state index < -0.39 is 0 Å². The van der Waals surface area contributed by atoms with Crippen LogP contribution in [-0.2, 0) is 11.3 Å². The van der Waals surface area contributed by atoms with Gasteiger partial charge in [-0.2, -0.15) is 0 Å². The maximum absolute atomic E-state index is 10.7. The molecule has 0 saturated carbocycles. The van der Waals surface area contributed by atoms with Gasteiger partial charge in [-0.1, -0.05) is 0 Å². The Hall–Kier alpha value is -1.09. The summed E-state index contributed by atoms with van der Waals surface area (Å²) in [5.74, 6) is 0. The van der Waals surface area contributed by atoms with Gasteiger partial charge < -0.3 is 9.30 Å². The van der Waals surface area contributed by atoms with Crippen LogP contribution in [0.3, 0.4) is 0 Å². The van der Waals surface area contributed by atoms with Crippen LogP contribution in [0.25, 0.3) is 0 Å². The van der Waals surface area contributed by atoms with E-state index in [0.717, 1.165) is 6.54 Å². The summed E-state index contributed by atoms with van der Waals surface area (Å²) in [7, 11) is 1.67. The molecule has 66 valence electrons. The van der Waals surface area contributed by atoms with E-state index in [2.05, 4.69) is 0 Å². The third-order valence-corrected chi connectivity index (χ3v) is 1.73. The van der Waals surface area contributed by atoms with Crippen molar-refractivity contribution < 1.29 is 4.74 Å². The summed E-state index contributed by atoms with van der Waals surface area (Å²) in [5, 5.41) is 0. The number of nitrogens with zero attached hydrogens (tertiary/aromatic N) is 1. The molecule has 0 fully saturated rings. The van der Waals surface area contributed by atoms with E-state index in [-0.39, 0.29) is 11.5 Å². The number of rotatable bonds is 3. The van der Waals surface area contributed by atoms with Crippen LogP contribution in [0.2, 0.25) is 0 Å². The molecule has 0 bridgehead atoms. The molecule has 0 aliphatic carbocycles. The SMILES string of the molecule is COC(C)Cn1ccc(=O)cc1. The van der Waals surface area contributed by atoms with Gasteiger partial charge in [-0.05, 0) is 6.92 Å². The number of aromatic nitrogens is 1. The van der Waals surface area contributed by atoms with Gasteiger partial charge in [0.1, 0.15) is 0 Å². The van der Waals surface area contributed by atoms with Crippen LogP contribution in [0.5, 0.6) is 0 Å². The minimum absolute atomic E-state index is 0.0383. The fourth-order valence-electron chi connectivity index (χ4n) is 0.937. The fourth-order valence-corrected chi connectivity index (χ4v) is 0.937. The van der Waals surface area contributed by atoms with Crippen LogP contribution in [0, 0.1) is 0 Å². The molecule has 0 aliphatic heterocycles. The molecule has 0 spiro atoms. The third-order valence-electron chi connectivity index (χ3n) is 1.73.